The Morgan fingerprint density at radius 2 is 1.84 bits per heavy atom. The summed E-state index contributed by atoms with van der Waals surface area (Å²) < 4.78 is 10.4. The van der Waals surface area contributed by atoms with Gasteiger partial charge in [-0.2, -0.15) is 0 Å². The van der Waals surface area contributed by atoms with Gasteiger partial charge >= 0.3 is 5.97 Å². The molecule has 0 fully saturated rings. The van der Waals surface area contributed by atoms with Gasteiger partial charge in [0, 0.05) is 11.3 Å². The van der Waals surface area contributed by atoms with E-state index in [9.17, 15) is 4.79 Å². The van der Waals surface area contributed by atoms with E-state index >= 15 is 0 Å². The Hall–Kier alpha value is -2.49. The molecule has 0 saturated carbocycles. The Kier molecular flexibility index (Phi) is 4.03. The third kappa shape index (κ3) is 3.04. The van der Waals surface area contributed by atoms with Crippen molar-refractivity contribution in [3.8, 4) is 5.75 Å². The number of ether oxygens (including phenoxy) is 2. The number of para-hydroxylation sites is 1. The molecule has 0 aromatic heterocycles. The van der Waals surface area contributed by atoms with Crippen LogP contribution in [0.25, 0.3) is 0 Å². The zero-order valence-electron chi connectivity index (χ0n) is 10.6. The van der Waals surface area contributed by atoms with E-state index in [4.69, 9.17) is 15.2 Å². The van der Waals surface area contributed by atoms with Gasteiger partial charge in [0.2, 0.25) is 0 Å². The van der Waals surface area contributed by atoms with E-state index < -0.39 is 5.97 Å². The molecule has 0 radical (unpaired) electrons. The smallest absolute Gasteiger partial charge is 0.340 e. The Balaban J connectivity index is 2.21. The van der Waals surface area contributed by atoms with E-state index in [2.05, 4.69) is 0 Å². The monoisotopic (exact) mass is 257 g/mol. The summed E-state index contributed by atoms with van der Waals surface area (Å²) >= 11 is 0. The summed E-state index contributed by atoms with van der Waals surface area (Å²) in [5.41, 5.74) is 7.27. The second-order valence-corrected chi connectivity index (χ2v) is 3.97. The van der Waals surface area contributed by atoms with Crippen LogP contribution in [0.4, 0.5) is 5.69 Å². The van der Waals surface area contributed by atoms with E-state index in [1.54, 1.807) is 18.2 Å². The first-order chi connectivity index (χ1) is 9.22. The van der Waals surface area contributed by atoms with Crippen molar-refractivity contribution in [2.75, 3.05) is 12.8 Å². The summed E-state index contributed by atoms with van der Waals surface area (Å²) in [6, 6.07) is 14.6. The molecule has 0 amide bonds. The summed E-state index contributed by atoms with van der Waals surface area (Å²) in [5.74, 6) is 0.283. The maximum absolute atomic E-state index is 11.7. The number of carbonyl (C=O) groups excluding carboxylic acids is 1. The van der Waals surface area contributed by atoms with Crippen molar-refractivity contribution in [2.24, 2.45) is 0 Å². The molecule has 2 aromatic carbocycles. The molecule has 0 bridgehead atoms. The molecule has 0 saturated heterocycles. The number of nitrogen functional groups attached to an aromatic ring is 1. The van der Waals surface area contributed by atoms with Crippen LogP contribution in [-0.4, -0.2) is 13.1 Å². The number of anilines is 1. The molecule has 2 N–H and O–H groups in total. The van der Waals surface area contributed by atoms with Crippen LogP contribution in [0.1, 0.15) is 15.9 Å². The fourth-order valence-electron chi connectivity index (χ4n) is 1.77. The van der Waals surface area contributed by atoms with Crippen molar-refractivity contribution in [1.82, 2.24) is 0 Å². The van der Waals surface area contributed by atoms with Gasteiger partial charge in [-0.1, -0.05) is 30.3 Å². The summed E-state index contributed by atoms with van der Waals surface area (Å²) in [6.45, 7) is 0.263. The molecule has 2 rings (SSSR count). The van der Waals surface area contributed by atoms with Gasteiger partial charge in [0.1, 0.15) is 12.4 Å². The van der Waals surface area contributed by atoms with Gasteiger partial charge < -0.3 is 15.2 Å². The molecule has 0 aliphatic carbocycles. The predicted molar refractivity (Wildman–Crippen MR) is 73.0 cm³/mol. The zero-order chi connectivity index (χ0) is 13.7. The Morgan fingerprint density at radius 3 is 2.53 bits per heavy atom. The largest absolute Gasteiger partial charge is 0.489 e. The zero-order valence-corrected chi connectivity index (χ0v) is 10.6. The van der Waals surface area contributed by atoms with Crippen molar-refractivity contribution in [3.63, 3.8) is 0 Å². The molecular weight excluding hydrogens is 242 g/mol. The minimum Gasteiger partial charge on any atom is -0.489 e. The first kappa shape index (κ1) is 13.0. The quantitative estimate of drug-likeness (QED) is 0.675. The maximum Gasteiger partial charge on any atom is 0.340 e. The highest BCUT2D eigenvalue weighted by Crippen LogP contribution is 2.20. The highest BCUT2D eigenvalue weighted by Gasteiger charge is 2.15. The van der Waals surface area contributed by atoms with Crippen molar-refractivity contribution in [3.05, 3.63) is 59.7 Å². The average Bonchev–Trinajstić information content (AvgIpc) is 2.45. The number of esters is 1. The van der Waals surface area contributed by atoms with Crippen LogP contribution in [0.5, 0.6) is 5.75 Å². The van der Waals surface area contributed by atoms with E-state index in [1.807, 2.05) is 30.3 Å². The van der Waals surface area contributed by atoms with Crippen molar-refractivity contribution >= 4 is 11.7 Å². The summed E-state index contributed by atoms with van der Waals surface area (Å²) in [6.07, 6.45) is 0. The van der Waals surface area contributed by atoms with E-state index in [-0.39, 0.29) is 6.61 Å². The third-order valence-electron chi connectivity index (χ3n) is 2.71. The molecule has 0 unspecified atom stereocenters. The fourth-order valence-corrected chi connectivity index (χ4v) is 1.77. The number of benzene rings is 2. The lowest BCUT2D eigenvalue weighted by atomic mass is 10.1. The molecule has 0 aliphatic rings. The fraction of sp³-hybridized carbons (Fsp3) is 0.133. The van der Waals surface area contributed by atoms with Crippen LogP contribution in [0, 0.1) is 0 Å². The van der Waals surface area contributed by atoms with Crippen LogP contribution in [0.2, 0.25) is 0 Å². The molecule has 2 aromatic rings. The van der Waals surface area contributed by atoms with Crippen LogP contribution >= 0.6 is 0 Å². The van der Waals surface area contributed by atoms with Gasteiger partial charge in [-0.25, -0.2) is 4.79 Å². The predicted octanol–water partition coefficient (Wildman–Crippen LogP) is 2.63. The second-order valence-electron chi connectivity index (χ2n) is 3.97. The Bertz CT molecular complexity index is 567. The first-order valence-electron chi connectivity index (χ1n) is 5.86. The lowest BCUT2D eigenvalue weighted by molar-refractivity contribution is 0.0599. The number of nitrogens with two attached hydrogens (primary N) is 1. The van der Waals surface area contributed by atoms with Crippen molar-refractivity contribution in [1.29, 1.82) is 0 Å². The van der Waals surface area contributed by atoms with E-state index in [1.165, 1.54) is 7.11 Å². The number of carbonyl (C=O) groups is 1. The highest BCUT2D eigenvalue weighted by molar-refractivity contribution is 5.96. The number of hydrogen-bond acceptors (Lipinski definition) is 4. The lowest BCUT2D eigenvalue weighted by Gasteiger charge is -2.11. The van der Waals surface area contributed by atoms with Crippen LogP contribution in [-0.2, 0) is 11.3 Å². The maximum atomic E-state index is 11.7. The molecule has 0 aliphatic heterocycles. The number of methoxy groups -OCH3 is 1. The standard InChI is InChI=1S/C15H15NO3/c1-18-15(17)14-11(6-5-9-13(14)16)10-19-12-7-3-2-4-8-12/h2-9H,10,16H2,1H3. The first-order valence-corrected chi connectivity index (χ1v) is 5.86. The Morgan fingerprint density at radius 1 is 1.11 bits per heavy atom. The average molecular weight is 257 g/mol. The number of rotatable bonds is 4. The molecule has 98 valence electrons. The molecule has 0 atom stereocenters. The molecule has 0 spiro atoms. The Labute approximate surface area is 111 Å². The summed E-state index contributed by atoms with van der Waals surface area (Å²) in [4.78, 5) is 11.7. The minimum atomic E-state index is -0.454. The van der Waals surface area contributed by atoms with Gasteiger partial charge in [0.25, 0.3) is 0 Å². The van der Waals surface area contributed by atoms with Gasteiger partial charge in [-0.15, -0.1) is 0 Å². The van der Waals surface area contributed by atoms with Crippen molar-refractivity contribution in [2.45, 2.75) is 6.61 Å². The molecule has 19 heavy (non-hydrogen) atoms. The van der Waals surface area contributed by atoms with E-state index in [0.29, 0.717) is 16.8 Å². The highest BCUT2D eigenvalue weighted by atomic mass is 16.5. The van der Waals surface area contributed by atoms with Crippen LogP contribution < -0.4 is 10.5 Å². The lowest BCUT2D eigenvalue weighted by Crippen LogP contribution is -2.11. The minimum absolute atomic E-state index is 0.263. The van der Waals surface area contributed by atoms with Gasteiger partial charge in [0.05, 0.1) is 12.7 Å². The third-order valence-corrected chi connectivity index (χ3v) is 2.71. The van der Waals surface area contributed by atoms with Gasteiger partial charge in [-0.3, -0.25) is 0 Å². The molecule has 4 heteroatoms. The SMILES string of the molecule is COC(=O)c1c(N)cccc1COc1ccccc1. The van der Waals surface area contributed by atoms with E-state index in [0.717, 1.165) is 5.75 Å². The van der Waals surface area contributed by atoms with Crippen molar-refractivity contribution < 1.29 is 14.3 Å². The summed E-state index contributed by atoms with van der Waals surface area (Å²) in [7, 11) is 1.33. The number of hydrogen-bond donors (Lipinski definition) is 1. The van der Waals surface area contributed by atoms with Crippen LogP contribution in [0.3, 0.4) is 0 Å². The van der Waals surface area contributed by atoms with Gasteiger partial charge in [0.15, 0.2) is 0 Å². The summed E-state index contributed by atoms with van der Waals surface area (Å²) in [5, 5.41) is 0. The second kappa shape index (κ2) is 5.91. The molecule has 0 heterocycles. The topological polar surface area (TPSA) is 61.5 Å². The molecular formula is C15H15NO3. The molecule has 4 nitrogen and oxygen atoms in total. The van der Waals surface area contributed by atoms with Crippen LogP contribution in [0.15, 0.2) is 48.5 Å². The normalized spacial score (nSPS) is 9.95. The van der Waals surface area contributed by atoms with Gasteiger partial charge in [-0.05, 0) is 18.2 Å².